The number of ether oxygens (including phenoxy) is 1. The van der Waals surface area contributed by atoms with Crippen molar-refractivity contribution in [1.29, 1.82) is 0 Å². The minimum Gasteiger partial charge on any atom is -0.478 e. The van der Waals surface area contributed by atoms with Crippen LogP contribution in [0.1, 0.15) is 20.7 Å². The van der Waals surface area contributed by atoms with Crippen molar-refractivity contribution in [1.82, 2.24) is 0 Å². The first-order valence-electron chi connectivity index (χ1n) is 9.51. The molecule has 144 valence electrons. The van der Waals surface area contributed by atoms with Crippen LogP contribution in [-0.4, -0.2) is 17.0 Å². The largest absolute Gasteiger partial charge is 0.478 e. The lowest BCUT2D eigenvalue weighted by molar-refractivity contribution is 0.0692. The third-order valence-corrected chi connectivity index (χ3v) is 5.30. The number of aromatic carboxylic acids is 1. The highest BCUT2D eigenvalue weighted by atomic mass is 16.5. The van der Waals surface area contributed by atoms with E-state index in [1.54, 1.807) is 6.07 Å². The molecule has 0 aliphatic carbocycles. The second kappa shape index (κ2) is 7.01. The van der Waals surface area contributed by atoms with Crippen LogP contribution in [0.4, 0.5) is 0 Å². The summed E-state index contributed by atoms with van der Waals surface area (Å²) >= 11 is 0. The molecule has 0 atom stereocenters. The van der Waals surface area contributed by atoms with Gasteiger partial charge in [0, 0.05) is 5.39 Å². The lowest BCUT2D eigenvalue weighted by atomic mass is 9.94. The van der Waals surface area contributed by atoms with E-state index >= 15 is 0 Å². The predicted molar refractivity (Wildman–Crippen MR) is 117 cm³/mol. The number of carbonyl (C=O) groups is 2. The highest BCUT2D eigenvalue weighted by molar-refractivity contribution is 6.27. The molecule has 0 heterocycles. The number of rotatable bonds is 3. The number of fused-ring (bicyclic) bond motifs is 6. The smallest absolute Gasteiger partial charge is 0.343 e. The van der Waals surface area contributed by atoms with Crippen LogP contribution in [0.25, 0.3) is 32.3 Å². The van der Waals surface area contributed by atoms with Gasteiger partial charge in [-0.15, -0.1) is 0 Å². The van der Waals surface area contributed by atoms with Crippen molar-refractivity contribution >= 4 is 44.3 Å². The first-order chi connectivity index (χ1) is 14.6. The second-order valence-electron chi connectivity index (χ2n) is 7.04. The number of hydrogen-bond donors (Lipinski definition) is 1. The summed E-state index contributed by atoms with van der Waals surface area (Å²) in [5, 5.41) is 15.3. The molecule has 30 heavy (non-hydrogen) atoms. The summed E-state index contributed by atoms with van der Waals surface area (Å²) in [7, 11) is 0. The Kier molecular flexibility index (Phi) is 4.18. The molecular weight excluding hydrogens is 376 g/mol. The molecule has 4 heteroatoms. The molecule has 0 unspecified atom stereocenters. The van der Waals surface area contributed by atoms with Crippen molar-refractivity contribution in [3.05, 3.63) is 102 Å². The standard InChI is InChI=1S/C26H16O4/c27-25(28)16-12-14-17(15-13-16)26(29)30-23-11-5-10-22-20-7-2-1-6-18(20)19-8-3-4-9-21(19)24(22)23/h1-15H,(H,27,28). The summed E-state index contributed by atoms with van der Waals surface area (Å²) in [4.78, 5) is 23.8. The van der Waals surface area contributed by atoms with Crippen LogP contribution in [0, 0.1) is 0 Å². The molecule has 0 fully saturated rings. The van der Waals surface area contributed by atoms with Crippen LogP contribution in [0.5, 0.6) is 5.75 Å². The Labute approximate surface area is 171 Å². The fourth-order valence-electron chi connectivity index (χ4n) is 3.91. The Bertz CT molecular complexity index is 1400. The van der Waals surface area contributed by atoms with E-state index in [9.17, 15) is 9.59 Å². The molecular formula is C26H16O4. The summed E-state index contributed by atoms with van der Waals surface area (Å²) in [6, 6.07) is 27.7. The van der Waals surface area contributed by atoms with Crippen molar-refractivity contribution in [2.75, 3.05) is 0 Å². The lowest BCUT2D eigenvalue weighted by Gasteiger charge is -2.14. The zero-order valence-corrected chi connectivity index (χ0v) is 15.8. The monoisotopic (exact) mass is 392 g/mol. The van der Waals surface area contributed by atoms with E-state index in [0.717, 1.165) is 32.3 Å². The van der Waals surface area contributed by atoms with E-state index in [1.807, 2.05) is 42.5 Å². The first kappa shape index (κ1) is 17.9. The van der Waals surface area contributed by atoms with Gasteiger partial charge in [0.05, 0.1) is 11.1 Å². The van der Waals surface area contributed by atoms with Gasteiger partial charge in [-0.2, -0.15) is 0 Å². The van der Waals surface area contributed by atoms with Gasteiger partial charge in [0.25, 0.3) is 0 Å². The predicted octanol–water partition coefficient (Wildman–Crippen LogP) is 6.06. The fourth-order valence-corrected chi connectivity index (χ4v) is 3.91. The average Bonchev–Trinajstić information content (AvgIpc) is 2.79. The van der Waals surface area contributed by atoms with Gasteiger partial charge in [-0.1, -0.05) is 60.7 Å². The molecule has 1 N–H and O–H groups in total. The maximum atomic E-state index is 12.8. The Balaban J connectivity index is 1.68. The molecule has 0 spiro atoms. The summed E-state index contributed by atoms with van der Waals surface area (Å²) in [5.74, 6) is -1.10. The van der Waals surface area contributed by atoms with Crippen LogP contribution in [0.15, 0.2) is 91.0 Å². The van der Waals surface area contributed by atoms with Crippen molar-refractivity contribution < 1.29 is 19.4 Å². The van der Waals surface area contributed by atoms with Crippen LogP contribution in [-0.2, 0) is 0 Å². The molecule has 0 radical (unpaired) electrons. The van der Waals surface area contributed by atoms with Gasteiger partial charge in [-0.25, -0.2) is 9.59 Å². The highest BCUT2D eigenvalue weighted by Crippen LogP contribution is 2.39. The van der Waals surface area contributed by atoms with Gasteiger partial charge in [0.15, 0.2) is 0 Å². The first-order valence-corrected chi connectivity index (χ1v) is 9.51. The minimum absolute atomic E-state index is 0.120. The number of benzene rings is 5. The normalized spacial score (nSPS) is 11.1. The minimum atomic E-state index is -1.04. The topological polar surface area (TPSA) is 63.6 Å². The van der Waals surface area contributed by atoms with Crippen molar-refractivity contribution in [2.45, 2.75) is 0 Å². The zero-order valence-electron chi connectivity index (χ0n) is 15.8. The van der Waals surface area contributed by atoms with E-state index in [0.29, 0.717) is 11.3 Å². The molecule has 0 aliphatic rings. The highest BCUT2D eigenvalue weighted by Gasteiger charge is 2.16. The third-order valence-electron chi connectivity index (χ3n) is 5.30. The summed E-state index contributed by atoms with van der Waals surface area (Å²) < 4.78 is 5.78. The molecule has 5 rings (SSSR count). The number of esters is 1. The Morgan fingerprint density at radius 1 is 0.567 bits per heavy atom. The molecule has 0 bridgehead atoms. The molecule has 0 saturated carbocycles. The second-order valence-corrected chi connectivity index (χ2v) is 7.04. The Hall–Kier alpha value is -4.18. The van der Waals surface area contributed by atoms with Crippen LogP contribution >= 0.6 is 0 Å². The van der Waals surface area contributed by atoms with E-state index in [4.69, 9.17) is 9.84 Å². The number of carboxylic acids is 1. The molecule has 0 aromatic heterocycles. The Morgan fingerprint density at radius 3 is 1.60 bits per heavy atom. The van der Waals surface area contributed by atoms with Crippen LogP contribution < -0.4 is 4.74 Å². The van der Waals surface area contributed by atoms with Crippen molar-refractivity contribution in [3.8, 4) is 5.75 Å². The summed E-state index contributed by atoms with van der Waals surface area (Å²) in [6.45, 7) is 0. The van der Waals surface area contributed by atoms with Gasteiger partial charge < -0.3 is 9.84 Å². The Morgan fingerprint density at radius 2 is 1.03 bits per heavy atom. The maximum Gasteiger partial charge on any atom is 0.343 e. The maximum absolute atomic E-state index is 12.8. The van der Waals surface area contributed by atoms with E-state index in [1.165, 1.54) is 24.3 Å². The zero-order chi connectivity index (χ0) is 20.7. The summed E-state index contributed by atoms with van der Waals surface area (Å²) in [6.07, 6.45) is 0. The molecule has 0 aliphatic heterocycles. The fraction of sp³-hybridized carbons (Fsp3) is 0. The van der Waals surface area contributed by atoms with Gasteiger partial charge in [0.2, 0.25) is 0 Å². The van der Waals surface area contributed by atoms with Crippen LogP contribution in [0.3, 0.4) is 0 Å². The molecule has 5 aromatic rings. The van der Waals surface area contributed by atoms with Crippen LogP contribution in [0.2, 0.25) is 0 Å². The van der Waals surface area contributed by atoms with Gasteiger partial charge in [-0.3, -0.25) is 0 Å². The molecule has 0 saturated heterocycles. The van der Waals surface area contributed by atoms with E-state index in [2.05, 4.69) is 18.2 Å². The quantitative estimate of drug-likeness (QED) is 0.230. The van der Waals surface area contributed by atoms with E-state index in [-0.39, 0.29) is 5.56 Å². The summed E-state index contributed by atoms with van der Waals surface area (Å²) in [5.41, 5.74) is 0.413. The van der Waals surface area contributed by atoms with Gasteiger partial charge in [0.1, 0.15) is 5.75 Å². The lowest BCUT2D eigenvalue weighted by Crippen LogP contribution is -2.09. The van der Waals surface area contributed by atoms with Crippen molar-refractivity contribution in [2.24, 2.45) is 0 Å². The number of hydrogen-bond acceptors (Lipinski definition) is 3. The van der Waals surface area contributed by atoms with Gasteiger partial charge >= 0.3 is 11.9 Å². The molecule has 4 nitrogen and oxygen atoms in total. The number of carbonyl (C=O) groups excluding carboxylic acids is 1. The molecule has 5 aromatic carbocycles. The van der Waals surface area contributed by atoms with Crippen molar-refractivity contribution in [3.63, 3.8) is 0 Å². The number of carboxylic acid groups (broad SMARTS) is 1. The SMILES string of the molecule is O=C(O)c1ccc(C(=O)Oc2cccc3c4ccccc4c4ccccc4c23)cc1. The third kappa shape index (κ3) is 2.86. The van der Waals surface area contributed by atoms with E-state index < -0.39 is 11.9 Å². The molecule has 0 amide bonds. The average molecular weight is 392 g/mol. The van der Waals surface area contributed by atoms with Gasteiger partial charge in [-0.05, 0) is 57.3 Å².